The molecule has 1 aromatic heterocycles. The van der Waals surface area contributed by atoms with Gasteiger partial charge in [-0.2, -0.15) is 11.8 Å². The van der Waals surface area contributed by atoms with E-state index in [1.165, 1.54) is 29.7 Å². The van der Waals surface area contributed by atoms with Gasteiger partial charge < -0.3 is 5.32 Å². The van der Waals surface area contributed by atoms with Gasteiger partial charge in [-0.1, -0.05) is 24.3 Å². The molecule has 2 atom stereocenters. The van der Waals surface area contributed by atoms with E-state index < -0.39 is 0 Å². The quantitative estimate of drug-likeness (QED) is 0.928. The van der Waals surface area contributed by atoms with Crippen molar-refractivity contribution in [2.45, 2.75) is 37.0 Å². The lowest BCUT2D eigenvalue weighted by atomic mass is 9.92. The number of pyridine rings is 1. The number of nitrogens with one attached hydrogen (secondary N) is 1. The molecular formula is C17H22N2S. The second-order valence-electron chi connectivity index (χ2n) is 5.81. The highest BCUT2D eigenvalue weighted by atomic mass is 32.2. The van der Waals surface area contributed by atoms with Crippen LogP contribution in [0.2, 0.25) is 0 Å². The van der Waals surface area contributed by atoms with Crippen LogP contribution in [0.3, 0.4) is 0 Å². The summed E-state index contributed by atoms with van der Waals surface area (Å²) in [4.78, 5) is 4.82. The average Bonchev–Trinajstić information content (AvgIpc) is 2.92. The van der Waals surface area contributed by atoms with Gasteiger partial charge >= 0.3 is 0 Å². The summed E-state index contributed by atoms with van der Waals surface area (Å²) in [5.74, 6) is 1.29. The van der Waals surface area contributed by atoms with Crippen LogP contribution in [-0.4, -0.2) is 28.6 Å². The molecule has 0 bridgehead atoms. The third kappa shape index (κ3) is 2.70. The standard InChI is InChI=1S/C17H22N2S/c1-17(10-5-11-20-17)16(18-2)12-14-9-8-13-6-3-4-7-15(13)19-14/h3-4,6-9,16,18H,5,10-12H2,1-2H3. The van der Waals surface area contributed by atoms with E-state index in [0.29, 0.717) is 10.8 Å². The number of aromatic nitrogens is 1. The molecule has 2 nitrogen and oxygen atoms in total. The molecule has 1 N–H and O–H groups in total. The van der Waals surface area contributed by atoms with Gasteiger partial charge in [-0.15, -0.1) is 0 Å². The molecule has 2 aromatic rings. The van der Waals surface area contributed by atoms with Crippen LogP contribution in [0.5, 0.6) is 0 Å². The van der Waals surface area contributed by atoms with Gasteiger partial charge in [0.1, 0.15) is 0 Å². The third-order valence-corrected chi connectivity index (χ3v) is 6.05. The normalized spacial score (nSPS) is 24.1. The minimum atomic E-state index is 0.349. The van der Waals surface area contributed by atoms with Crippen molar-refractivity contribution < 1.29 is 0 Å². The highest BCUT2D eigenvalue weighted by Gasteiger charge is 2.37. The summed E-state index contributed by atoms with van der Waals surface area (Å²) in [6, 6.07) is 13.2. The van der Waals surface area contributed by atoms with Crippen LogP contribution >= 0.6 is 11.8 Å². The Bertz CT molecular complexity index is 590. The lowest BCUT2D eigenvalue weighted by Gasteiger charge is -2.33. The monoisotopic (exact) mass is 286 g/mol. The summed E-state index contributed by atoms with van der Waals surface area (Å²) in [7, 11) is 2.08. The van der Waals surface area contributed by atoms with Crippen molar-refractivity contribution >= 4 is 22.7 Å². The van der Waals surface area contributed by atoms with E-state index >= 15 is 0 Å². The lowest BCUT2D eigenvalue weighted by Crippen LogP contribution is -2.45. The first kappa shape index (κ1) is 13.9. The number of rotatable bonds is 4. The first-order chi connectivity index (χ1) is 9.71. The minimum absolute atomic E-state index is 0.349. The van der Waals surface area contributed by atoms with E-state index in [2.05, 4.69) is 67.4 Å². The molecule has 0 spiro atoms. The Balaban J connectivity index is 1.83. The SMILES string of the molecule is CNC(Cc1ccc2ccccc2n1)C1(C)CCCS1. The van der Waals surface area contributed by atoms with Crippen LogP contribution < -0.4 is 5.32 Å². The van der Waals surface area contributed by atoms with E-state index in [-0.39, 0.29) is 0 Å². The Labute approximate surface area is 125 Å². The predicted molar refractivity (Wildman–Crippen MR) is 88.4 cm³/mol. The Morgan fingerprint density at radius 3 is 2.90 bits per heavy atom. The molecule has 1 aliphatic heterocycles. The number of thioether (sulfide) groups is 1. The number of hydrogen-bond donors (Lipinski definition) is 1. The maximum atomic E-state index is 4.82. The van der Waals surface area contributed by atoms with Crippen molar-refractivity contribution in [1.82, 2.24) is 10.3 Å². The highest BCUT2D eigenvalue weighted by molar-refractivity contribution is 8.00. The van der Waals surface area contributed by atoms with Crippen molar-refractivity contribution in [2.24, 2.45) is 0 Å². The molecule has 20 heavy (non-hydrogen) atoms. The largest absolute Gasteiger partial charge is 0.315 e. The fraction of sp³-hybridized carbons (Fsp3) is 0.471. The van der Waals surface area contributed by atoms with Crippen LogP contribution in [-0.2, 0) is 6.42 Å². The van der Waals surface area contributed by atoms with Crippen LogP contribution in [0.25, 0.3) is 10.9 Å². The predicted octanol–water partition coefficient (Wildman–Crippen LogP) is 3.65. The zero-order valence-corrected chi connectivity index (χ0v) is 13.0. The number of para-hydroxylation sites is 1. The summed E-state index contributed by atoms with van der Waals surface area (Å²) >= 11 is 2.11. The Kier molecular flexibility index (Phi) is 3.99. The Morgan fingerprint density at radius 2 is 2.15 bits per heavy atom. The highest BCUT2D eigenvalue weighted by Crippen LogP contribution is 2.41. The van der Waals surface area contributed by atoms with Gasteiger partial charge in [-0.25, -0.2) is 0 Å². The maximum absolute atomic E-state index is 4.82. The van der Waals surface area contributed by atoms with Crippen molar-refractivity contribution in [3.8, 4) is 0 Å². The smallest absolute Gasteiger partial charge is 0.0705 e. The fourth-order valence-corrected chi connectivity index (χ4v) is 4.58. The molecule has 0 saturated carbocycles. The molecule has 1 fully saturated rings. The number of nitrogens with zero attached hydrogens (tertiary/aromatic N) is 1. The second-order valence-corrected chi connectivity index (χ2v) is 7.43. The van der Waals surface area contributed by atoms with Gasteiger partial charge in [0.15, 0.2) is 0 Å². The number of hydrogen-bond acceptors (Lipinski definition) is 3. The van der Waals surface area contributed by atoms with Crippen molar-refractivity contribution in [3.05, 3.63) is 42.1 Å². The van der Waals surface area contributed by atoms with E-state index in [4.69, 9.17) is 4.98 Å². The zero-order valence-electron chi connectivity index (χ0n) is 12.2. The van der Waals surface area contributed by atoms with Crippen molar-refractivity contribution in [1.29, 1.82) is 0 Å². The van der Waals surface area contributed by atoms with Gasteiger partial charge in [0.05, 0.1) is 5.52 Å². The molecule has 0 radical (unpaired) electrons. The molecule has 1 saturated heterocycles. The topological polar surface area (TPSA) is 24.9 Å². The third-order valence-electron chi connectivity index (χ3n) is 4.40. The summed E-state index contributed by atoms with van der Waals surface area (Å²) in [6.45, 7) is 2.40. The van der Waals surface area contributed by atoms with Gasteiger partial charge in [0, 0.05) is 28.3 Å². The molecule has 2 heterocycles. The summed E-state index contributed by atoms with van der Waals surface area (Å²) in [5, 5.41) is 4.74. The number of likely N-dealkylation sites (N-methyl/N-ethyl adjacent to an activating group) is 1. The van der Waals surface area contributed by atoms with Gasteiger partial charge in [-0.3, -0.25) is 4.98 Å². The molecule has 106 valence electrons. The van der Waals surface area contributed by atoms with Crippen molar-refractivity contribution in [2.75, 3.05) is 12.8 Å². The van der Waals surface area contributed by atoms with E-state index in [9.17, 15) is 0 Å². The Hall–Kier alpha value is -1.06. The summed E-state index contributed by atoms with van der Waals surface area (Å²) in [6.07, 6.45) is 3.64. The lowest BCUT2D eigenvalue weighted by molar-refractivity contribution is 0.421. The number of benzene rings is 1. The number of fused-ring (bicyclic) bond motifs is 1. The summed E-state index contributed by atoms with van der Waals surface area (Å²) in [5.41, 5.74) is 2.29. The molecule has 3 heteroatoms. The van der Waals surface area contributed by atoms with Crippen LogP contribution in [0.1, 0.15) is 25.5 Å². The maximum Gasteiger partial charge on any atom is 0.0705 e. The molecule has 1 aliphatic rings. The van der Waals surface area contributed by atoms with E-state index in [1.807, 2.05) is 0 Å². The Morgan fingerprint density at radius 1 is 1.30 bits per heavy atom. The van der Waals surface area contributed by atoms with Crippen molar-refractivity contribution in [3.63, 3.8) is 0 Å². The average molecular weight is 286 g/mol. The molecule has 0 amide bonds. The molecular weight excluding hydrogens is 264 g/mol. The molecule has 0 aliphatic carbocycles. The van der Waals surface area contributed by atoms with E-state index in [1.54, 1.807) is 0 Å². The molecule has 1 aromatic carbocycles. The zero-order chi connectivity index (χ0) is 14.0. The van der Waals surface area contributed by atoms with Gasteiger partial charge in [0.2, 0.25) is 0 Å². The van der Waals surface area contributed by atoms with Crippen LogP contribution in [0, 0.1) is 0 Å². The van der Waals surface area contributed by atoms with Gasteiger partial charge in [0.25, 0.3) is 0 Å². The molecule has 2 unspecified atom stereocenters. The minimum Gasteiger partial charge on any atom is -0.315 e. The molecule has 3 rings (SSSR count). The first-order valence-electron chi connectivity index (χ1n) is 7.37. The second kappa shape index (κ2) is 5.74. The van der Waals surface area contributed by atoms with Crippen LogP contribution in [0.4, 0.5) is 0 Å². The van der Waals surface area contributed by atoms with Crippen LogP contribution in [0.15, 0.2) is 36.4 Å². The van der Waals surface area contributed by atoms with Gasteiger partial charge in [-0.05, 0) is 44.7 Å². The van der Waals surface area contributed by atoms with E-state index in [0.717, 1.165) is 11.9 Å². The summed E-state index contributed by atoms with van der Waals surface area (Å²) < 4.78 is 0.349. The first-order valence-corrected chi connectivity index (χ1v) is 8.36. The fourth-order valence-electron chi connectivity index (χ4n) is 3.13.